The number of hydrogen-bond acceptors (Lipinski definition) is 7. The van der Waals surface area contributed by atoms with Crippen LogP contribution in [0.1, 0.15) is 10.7 Å². The fraction of sp³-hybridized carbons (Fsp3) is 0.273. The summed E-state index contributed by atoms with van der Waals surface area (Å²) in [5, 5.41) is 15.9. The third kappa shape index (κ3) is 2.14. The van der Waals surface area contributed by atoms with Crippen LogP contribution in [-0.2, 0) is 6.54 Å². The van der Waals surface area contributed by atoms with Gasteiger partial charge in [-0.05, 0) is 11.8 Å². The van der Waals surface area contributed by atoms with Crippen molar-refractivity contribution in [2.24, 2.45) is 0 Å². The molecule has 3 rings (SSSR count). The van der Waals surface area contributed by atoms with Gasteiger partial charge in [0, 0.05) is 23.5 Å². The Balaban J connectivity index is 1.98. The van der Waals surface area contributed by atoms with E-state index in [0.717, 1.165) is 10.7 Å². The summed E-state index contributed by atoms with van der Waals surface area (Å²) >= 11 is 2.92. The standard InChI is InChI=1S/C11H11N5O2S2/c1-7-6-20-8(12-7)5-14(2)9-10(16(17)18)15-3-4-19-11(15)13-9/h3-4,6H,5H2,1-2H3. The lowest BCUT2D eigenvalue weighted by atomic mass is 10.5. The lowest BCUT2D eigenvalue weighted by molar-refractivity contribution is -0.389. The summed E-state index contributed by atoms with van der Waals surface area (Å²) in [5.41, 5.74) is 0.957. The van der Waals surface area contributed by atoms with Crippen molar-refractivity contribution < 1.29 is 4.92 Å². The highest BCUT2D eigenvalue weighted by Crippen LogP contribution is 2.31. The van der Waals surface area contributed by atoms with E-state index < -0.39 is 4.92 Å². The summed E-state index contributed by atoms with van der Waals surface area (Å²) in [7, 11) is 1.79. The van der Waals surface area contributed by atoms with Crippen LogP contribution in [0.15, 0.2) is 17.0 Å². The lowest BCUT2D eigenvalue weighted by Gasteiger charge is -2.13. The maximum absolute atomic E-state index is 11.3. The zero-order chi connectivity index (χ0) is 14.3. The van der Waals surface area contributed by atoms with E-state index in [1.165, 1.54) is 15.7 Å². The summed E-state index contributed by atoms with van der Waals surface area (Å²) in [4.78, 5) is 22.0. The lowest BCUT2D eigenvalue weighted by Crippen LogP contribution is -2.18. The van der Waals surface area contributed by atoms with Crippen molar-refractivity contribution in [3.63, 3.8) is 0 Å². The predicted molar refractivity (Wildman–Crippen MR) is 78.7 cm³/mol. The Kier molecular flexibility index (Phi) is 3.14. The van der Waals surface area contributed by atoms with E-state index in [0.29, 0.717) is 17.3 Å². The van der Waals surface area contributed by atoms with Gasteiger partial charge >= 0.3 is 5.82 Å². The van der Waals surface area contributed by atoms with Gasteiger partial charge in [0.15, 0.2) is 0 Å². The molecule has 3 aromatic rings. The van der Waals surface area contributed by atoms with Gasteiger partial charge in [0.05, 0.1) is 6.54 Å². The van der Waals surface area contributed by atoms with Gasteiger partial charge < -0.3 is 15.0 Å². The van der Waals surface area contributed by atoms with Crippen molar-refractivity contribution in [2.45, 2.75) is 13.5 Å². The highest BCUT2D eigenvalue weighted by Gasteiger charge is 2.26. The first-order valence-corrected chi connectivity index (χ1v) is 7.54. The normalized spacial score (nSPS) is 11.1. The molecule has 0 radical (unpaired) electrons. The van der Waals surface area contributed by atoms with E-state index in [4.69, 9.17) is 0 Å². The molecule has 0 aliphatic rings. The summed E-state index contributed by atoms with van der Waals surface area (Å²) in [5.74, 6) is 0.367. The van der Waals surface area contributed by atoms with Crippen LogP contribution in [0.2, 0.25) is 0 Å². The molecule has 0 saturated heterocycles. The maximum atomic E-state index is 11.3. The average Bonchev–Trinajstić information content (AvgIpc) is 3.02. The summed E-state index contributed by atoms with van der Waals surface area (Å²) < 4.78 is 1.50. The number of aryl methyl sites for hydroxylation is 1. The van der Waals surface area contributed by atoms with E-state index in [1.807, 2.05) is 12.3 Å². The van der Waals surface area contributed by atoms with Crippen molar-refractivity contribution in [3.8, 4) is 0 Å². The summed E-state index contributed by atoms with van der Waals surface area (Å²) in [6.07, 6.45) is 1.66. The molecule has 3 heterocycles. The number of anilines is 1. The van der Waals surface area contributed by atoms with Crippen molar-refractivity contribution in [2.75, 3.05) is 11.9 Å². The van der Waals surface area contributed by atoms with Crippen LogP contribution in [-0.4, -0.2) is 26.3 Å². The number of aromatic nitrogens is 3. The van der Waals surface area contributed by atoms with Gasteiger partial charge in [0.25, 0.3) is 4.96 Å². The van der Waals surface area contributed by atoms with Crippen LogP contribution in [0.4, 0.5) is 11.6 Å². The molecule has 0 aliphatic heterocycles. The highest BCUT2D eigenvalue weighted by atomic mass is 32.1. The van der Waals surface area contributed by atoms with E-state index >= 15 is 0 Å². The van der Waals surface area contributed by atoms with Crippen LogP contribution < -0.4 is 4.90 Å². The summed E-state index contributed by atoms with van der Waals surface area (Å²) in [6.45, 7) is 2.43. The second-order valence-electron chi connectivity index (χ2n) is 4.31. The van der Waals surface area contributed by atoms with E-state index in [9.17, 15) is 10.1 Å². The molecule has 9 heteroatoms. The first kappa shape index (κ1) is 13.0. The molecule has 0 unspecified atom stereocenters. The quantitative estimate of drug-likeness (QED) is 0.547. The van der Waals surface area contributed by atoms with Crippen molar-refractivity contribution in [1.82, 2.24) is 14.4 Å². The minimum atomic E-state index is -0.397. The summed E-state index contributed by atoms with van der Waals surface area (Å²) in [6, 6.07) is 0. The second kappa shape index (κ2) is 4.84. The maximum Gasteiger partial charge on any atom is 0.373 e. The fourth-order valence-corrected chi connectivity index (χ4v) is 3.47. The largest absolute Gasteiger partial charge is 0.373 e. The van der Waals surface area contributed by atoms with E-state index in [-0.39, 0.29) is 5.82 Å². The Morgan fingerprint density at radius 2 is 2.25 bits per heavy atom. The van der Waals surface area contributed by atoms with Gasteiger partial charge in [-0.15, -0.1) is 11.3 Å². The molecular weight excluding hydrogens is 298 g/mol. The smallest absolute Gasteiger partial charge is 0.358 e. The Labute approximate surface area is 122 Å². The molecule has 3 aromatic heterocycles. The number of thiazole rings is 2. The van der Waals surface area contributed by atoms with Crippen LogP contribution in [0, 0.1) is 17.0 Å². The van der Waals surface area contributed by atoms with Gasteiger partial charge in [0.2, 0.25) is 5.82 Å². The zero-order valence-electron chi connectivity index (χ0n) is 10.8. The third-order valence-electron chi connectivity index (χ3n) is 2.79. The first-order valence-electron chi connectivity index (χ1n) is 5.78. The van der Waals surface area contributed by atoms with Gasteiger partial charge in [-0.1, -0.05) is 11.3 Å². The molecule has 0 N–H and O–H groups in total. The van der Waals surface area contributed by atoms with Crippen molar-refractivity contribution >= 4 is 39.3 Å². The number of fused-ring (bicyclic) bond motifs is 1. The van der Waals surface area contributed by atoms with Crippen molar-refractivity contribution in [3.05, 3.63) is 37.8 Å². The average molecular weight is 309 g/mol. The molecular formula is C11H11N5O2S2. The molecule has 0 fully saturated rings. The number of imidazole rings is 1. The Hall–Kier alpha value is -2.00. The number of rotatable bonds is 4. The first-order chi connectivity index (χ1) is 9.56. The number of nitrogens with zero attached hydrogens (tertiary/aromatic N) is 5. The fourth-order valence-electron chi connectivity index (χ4n) is 1.94. The molecule has 7 nitrogen and oxygen atoms in total. The molecule has 0 atom stereocenters. The molecule has 104 valence electrons. The minimum Gasteiger partial charge on any atom is -0.358 e. The molecule has 0 amide bonds. The monoisotopic (exact) mass is 309 g/mol. The van der Waals surface area contributed by atoms with Gasteiger partial charge in [0.1, 0.15) is 11.2 Å². The van der Waals surface area contributed by atoms with Crippen molar-refractivity contribution in [1.29, 1.82) is 0 Å². The number of nitro groups is 1. The van der Waals surface area contributed by atoms with Gasteiger partial charge in [-0.2, -0.15) is 9.38 Å². The van der Waals surface area contributed by atoms with Gasteiger partial charge in [-0.25, -0.2) is 4.98 Å². The molecule has 0 aliphatic carbocycles. The van der Waals surface area contributed by atoms with Gasteiger partial charge in [-0.3, -0.25) is 0 Å². The molecule has 0 saturated carbocycles. The second-order valence-corrected chi connectivity index (χ2v) is 6.13. The minimum absolute atomic E-state index is 0.00275. The van der Waals surface area contributed by atoms with E-state index in [2.05, 4.69) is 9.97 Å². The van der Waals surface area contributed by atoms with Crippen LogP contribution >= 0.6 is 22.7 Å². The SMILES string of the molecule is Cc1csc(CN(C)c2nc3sccn3c2[N+](=O)[O-])n1. The molecule has 0 spiro atoms. The third-order valence-corrected chi connectivity index (χ3v) is 4.50. The molecule has 0 bridgehead atoms. The van der Waals surface area contributed by atoms with Crippen LogP contribution in [0.3, 0.4) is 0 Å². The Bertz CT molecular complexity index is 775. The highest BCUT2D eigenvalue weighted by molar-refractivity contribution is 7.15. The van der Waals surface area contributed by atoms with Crippen LogP contribution in [0.5, 0.6) is 0 Å². The zero-order valence-corrected chi connectivity index (χ0v) is 12.4. The molecule has 0 aromatic carbocycles. The van der Waals surface area contributed by atoms with E-state index in [1.54, 1.807) is 34.9 Å². The predicted octanol–water partition coefficient (Wildman–Crippen LogP) is 2.71. The number of hydrogen-bond donors (Lipinski definition) is 0. The van der Waals surface area contributed by atoms with Crippen LogP contribution in [0.25, 0.3) is 4.96 Å². The Morgan fingerprint density at radius 1 is 1.45 bits per heavy atom. The Morgan fingerprint density at radius 3 is 2.90 bits per heavy atom. The molecule has 20 heavy (non-hydrogen) atoms. The topological polar surface area (TPSA) is 76.6 Å².